The number of rotatable bonds is 8. The van der Waals surface area contributed by atoms with Crippen LogP contribution in [0.3, 0.4) is 0 Å². The summed E-state index contributed by atoms with van der Waals surface area (Å²) in [6, 6.07) is 39.5. The molecule has 7 amide bonds. The van der Waals surface area contributed by atoms with Gasteiger partial charge in [0.05, 0.1) is 57.6 Å². The first-order chi connectivity index (χ1) is 36.5. The van der Waals surface area contributed by atoms with Crippen LogP contribution in [0.1, 0.15) is 101 Å². The summed E-state index contributed by atoms with van der Waals surface area (Å²) < 4.78 is 80.9. The Kier molecular flexibility index (Phi) is 17.1. The highest BCUT2D eigenvalue weighted by Crippen LogP contribution is 2.33. The third kappa shape index (κ3) is 13.8. The number of nitrogens with two attached hydrogens (primary N) is 2. The van der Waals surface area contributed by atoms with Crippen molar-refractivity contribution in [1.82, 2.24) is 15.1 Å². The summed E-state index contributed by atoms with van der Waals surface area (Å²) in [5.74, 6) is -2.87. The second kappa shape index (κ2) is 23.6. The number of alkyl halides is 7. The first kappa shape index (κ1) is 55.6. The van der Waals surface area contributed by atoms with Gasteiger partial charge in [0.15, 0.2) is 0 Å². The van der Waals surface area contributed by atoms with Crippen LogP contribution in [0.25, 0.3) is 0 Å². The Labute approximate surface area is 443 Å². The van der Waals surface area contributed by atoms with Gasteiger partial charge in [0.25, 0.3) is 35.4 Å². The van der Waals surface area contributed by atoms with E-state index < -0.39 is 53.2 Å². The molecule has 3 heterocycles. The summed E-state index contributed by atoms with van der Waals surface area (Å²) in [4.78, 5) is 86.0. The Balaban J connectivity index is 0.000000167. The SMILES string of the molecule is Cc1ccc(CBr)cc1.Nc1ccc2c(c1)C(=O)N(Cc1ccc(C(F)(F)F)cc1)C2=O.Nc1ccc2c(c1)C(=O)NC2=O.O=C(Nc1ccc2c(c1)C(=O)N(Cc1ccc(C(F)(F)F)cc1)C2=O)OCc1ccccc1. The fraction of sp³-hybridized carbons (Fsp3) is 0.125. The number of ether oxygens (including phenoxy) is 1. The van der Waals surface area contributed by atoms with Crippen molar-refractivity contribution >= 4 is 74.5 Å². The first-order valence-electron chi connectivity index (χ1n) is 22.9. The second-order valence-electron chi connectivity index (χ2n) is 17.2. The lowest BCUT2D eigenvalue weighted by Crippen LogP contribution is -2.29. The number of halogens is 7. The number of carbonyl (C=O) groups excluding carboxylic acids is 7. The number of hydrogen-bond donors (Lipinski definition) is 4. The van der Waals surface area contributed by atoms with Crippen LogP contribution in [0.2, 0.25) is 0 Å². The summed E-state index contributed by atoms with van der Waals surface area (Å²) in [6.07, 6.45) is -9.62. The van der Waals surface area contributed by atoms with Gasteiger partial charge >= 0.3 is 18.4 Å². The number of nitrogen functional groups attached to an aromatic ring is 2. The summed E-state index contributed by atoms with van der Waals surface area (Å²) >= 11 is 3.38. The summed E-state index contributed by atoms with van der Waals surface area (Å²) in [5.41, 5.74) is 16.3. The lowest BCUT2D eigenvalue weighted by molar-refractivity contribution is -0.138. The monoisotopic (exact) mass is 1120 g/mol. The number of aryl methyl sites for hydroxylation is 1. The minimum atomic E-state index is -4.47. The fourth-order valence-electron chi connectivity index (χ4n) is 7.67. The van der Waals surface area contributed by atoms with Crippen molar-refractivity contribution in [3.63, 3.8) is 0 Å². The molecule has 0 bridgehead atoms. The van der Waals surface area contributed by atoms with Gasteiger partial charge in [-0.05, 0) is 108 Å². The van der Waals surface area contributed by atoms with Gasteiger partial charge in [-0.3, -0.25) is 49.2 Å². The van der Waals surface area contributed by atoms with Gasteiger partial charge in [0.2, 0.25) is 0 Å². The van der Waals surface area contributed by atoms with Gasteiger partial charge in [-0.15, -0.1) is 0 Å². The average Bonchev–Trinajstić information content (AvgIpc) is 3.98. The predicted octanol–water partition coefficient (Wildman–Crippen LogP) is 11.4. The Hall–Kier alpha value is -9.11. The van der Waals surface area contributed by atoms with Crippen LogP contribution in [0.5, 0.6) is 0 Å². The Morgan fingerprint density at radius 1 is 0.519 bits per heavy atom. The maximum absolute atomic E-state index is 12.8. The maximum atomic E-state index is 12.8. The number of nitrogens with zero attached hydrogens (tertiary/aromatic N) is 2. The topological polar surface area (TPSA) is 211 Å². The van der Waals surface area contributed by atoms with Crippen LogP contribution >= 0.6 is 15.9 Å². The highest BCUT2D eigenvalue weighted by atomic mass is 79.9. The molecular weight excluding hydrogens is 1080 g/mol. The third-order valence-electron chi connectivity index (χ3n) is 11.7. The molecule has 21 heteroatoms. The van der Waals surface area contributed by atoms with E-state index in [4.69, 9.17) is 16.2 Å². The first-order valence-corrected chi connectivity index (χ1v) is 24.1. The Bertz CT molecular complexity index is 3390. The van der Waals surface area contributed by atoms with Crippen molar-refractivity contribution < 1.29 is 64.6 Å². The molecule has 0 unspecified atom stereocenters. The molecule has 3 aliphatic heterocycles. The van der Waals surface area contributed by atoms with Gasteiger partial charge in [-0.2, -0.15) is 26.3 Å². The second-order valence-corrected chi connectivity index (χ2v) is 17.8. The van der Waals surface area contributed by atoms with E-state index in [0.29, 0.717) is 33.6 Å². The van der Waals surface area contributed by atoms with E-state index in [9.17, 15) is 59.9 Å². The van der Waals surface area contributed by atoms with Crippen LogP contribution in [-0.4, -0.2) is 51.3 Å². The van der Waals surface area contributed by atoms with Crippen LogP contribution in [0.15, 0.2) is 158 Å². The number of hydrogen-bond acceptors (Lipinski definition) is 10. The van der Waals surface area contributed by atoms with E-state index in [-0.39, 0.29) is 59.5 Å². The minimum Gasteiger partial charge on any atom is -0.444 e. The van der Waals surface area contributed by atoms with E-state index in [1.165, 1.54) is 77.9 Å². The van der Waals surface area contributed by atoms with Crippen LogP contribution < -0.4 is 22.1 Å². The van der Waals surface area contributed by atoms with Crippen molar-refractivity contribution in [1.29, 1.82) is 0 Å². The van der Waals surface area contributed by atoms with Gasteiger partial charge in [-0.25, -0.2) is 4.79 Å². The van der Waals surface area contributed by atoms with E-state index >= 15 is 0 Å². The van der Waals surface area contributed by atoms with E-state index in [0.717, 1.165) is 45.0 Å². The lowest BCUT2D eigenvalue weighted by Gasteiger charge is -2.14. The van der Waals surface area contributed by atoms with Crippen molar-refractivity contribution in [2.45, 2.75) is 44.3 Å². The molecule has 0 saturated heterocycles. The average molecular weight is 1120 g/mol. The zero-order chi connectivity index (χ0) is 55.8. The molecule has 3 aliphatic rings. The quantitative estimate of drug-likeness (QED) is 0.0489. The summed E-state index contributed by atoms with van der Waals surface area (Å²) in [5, 5.41) is 5.64. The molecule has 0 atom stereocenters. The fourth-order valence-corrected chi connectivity index (χ4v) is 8.04. The van der Waals surface area contributed by atoms with Crippen molar-refractivity contribution in [3.8, 4) is 0 Å². The molecule has 0 aliphatic carbocycles. The number of imide groups is 3. The molecule has 77 heavy (non-hydrogen) atoms. The molecule has 7 aromatic carbocycles. The van der Waals surface area contributed by atoms with Crippen molar-refractivity contribution in [2.24, 2.45) is 0 Å². The number of carbonyl (C=O) groups is 7. The number of nitrogens with one attached hydrogen (secondary N) is 2. The predicted molar refractivity (Wildman–Crippen MR) is 275 cm³/mol. The lowest BCUT2D eigenvalue weighted by atomic mass is 10.1. The molecule has 0 spiro atoms. The highest BCUT2D eigenvalue weighted by Gasteiger charge is 2.38. The van der Waals surface area contributed by atoms with Crippen LogP contribution in [0, 0.1) is 6.92 Å². The highest BCUT2D eigenvalue weighted by molar-refractivity contribution is 9.08. The molecule has 0 saturated carbocycles. The zero-order valence-corrected chi connectivity index (χ0v) is 41.9. The van der Waals surface area contributed by atoms with E-state index in [1.807, 2.05) is 18.2 Å². The largest absolute Gasteiger partial charge is 0.444 e. The number of benzene rings is 7. The zero-order valence-electron chi connectivity index (χ0n) is 40.3. The molecular formula is C56H43BrF6N6O8. The standard InChI is InChI=1S/C24H17F3N2O4.C16H11F3N2O2.C8H9Br.C8H6N2O2/c25-24(26,27)17-8-6-15(7-9-17)13-29-21(30)19-11-10-18(12-20(19)22(29)31)28-23(32)33-14-16-4-2-1-3-5-16;17-16(18,19)10-3-1-9(2-4-10)8-21-14(22)12-6-5-11(20)7-13(12)15(21)23;1-7-2-4-8(6-9)5-3-7;9-4-1-2-5-6(3-4)8(12)10-7(5)11/h1-12H,13-14H2,(H,28,32);1-7H,8,20H2;2-5H,6H2,1H3;1-3H,9H2,(H,10,11,12). The van der Waals surface area contributed by atoms with Crippen LogP contribution in [-0.2, 0) is 42.1 Å². The molecule has 0 aromatic heterocycles. The van der Waals surface area contributed by atoms with Crippen LogP contribution in [0.4, 0.5) is 48.2 Å². The van der Waals surface area contributed by atoms with Gasteiger partial charge in [0.1, 0.15) is 6.61 Å². The normalized spacial score (nSPS) is 13.2. The summed E-state index contributed by atoms with van der Waals surface area (Å²) in [7, 11) is 0. The minimum absolute atomic E-state index is 0.0654. The third-order valence-corrected chi connectivity index (χ3v) is 12.4. The van der Waals surface area contributed by atoms with Crippen molar-refractivity contribution in [2.75, 3.05) is 16.8 Å². The van der Waals surface area contributed by atoms with Gasteiger partial charge in [0, 0.05) is 22.4 Å². The van der Waals surface area contributed by atoms with Gasteiger partial charge < -0.3 is 16.2 Å². The summed E-state index contributed by atoms with van der Waals surface area (Å²) in [6.45, 7) is 1.89. The van der Waals surface area contributed by atoms with Crippen molar-refractivity contribution in [3.05, 3.63) is 230 Å². The number of fused-ring (bicyclic) bond motifs is 3. The molecule has 0 fully saturated rings. The molecule has 7 aromatic rings. The molecule has 6 N–H and O–H groups in total. The molecule has 394 valence electrons. The number of anilines is 3. The number of amides is 7. The molecule has 14 nitrogen and oxygen atoms in total. The van der Waals surface area contributed by atoms with Gasteiger partial charge in [-0.1, -0.05) is 100 Å². The van der Waals surface area contributed by atoms with E-state index in [1.54, 1.807) is 24.3 Å². The maximum Gasteiger partial charge on any atom is 0.416 e. The smallest absolute Gasteiger partial charge is 0.416 e. The molecule has 0 radical (unpaired) electrons. The molecule has 10 rings (SSSR count). The Morgan fingerprint density at radius 2 is 0.948 bits per heavy atom. The Morgan fingerprint density at radius 3 is 1.44 bits per heavy atom. The van der Waals surface area contributed by atoms with E-state index in [2.05, 4.69) is 57.8 Å².